The maximum atomic E-state index is 14.3. The number of methoxy groups -OCH3 is 1. The Hall–Kier alpha value is -4.80. The largest absolute Gasteiger partial charge is 0.453 e. The average molecular weight is 766 g/mol. The normalized spacial score (nSPS) is 20.5. The zero-order chi connectivity index (χ0) is 38.9. The second-order valence-electron chi connectivity index (χ2n) is 15.6. The Labute approximate surface area is 326 Å². The van der Waals surface area contributed by atoms with Crippen molar-refractivity contribution in [2.45, 2.75) is 83.3 Å². The summed E-state index contributed by atoms with van der Waals surface area (Å²) in [7, 11) is 1.30. The van der Waals surface area contributed by atoms with Crippen LogP contribution in [0.2, 0.25) is 0 Å². The van der Waals surface area contributed by atoms with Crippen LogP contribution >= 0.6 is 11.8 Å². The molecule has 7 rings (SSSR count). The van der Waals surface area contributed by atoms with Gasteiger partial charge in [0.25, 0.3) is 0 Å². The lowest BCUT2D eigenvalue weighted by Crippen LogP contribution is -2.58. The molecule has 3 aliphatic rings. The number of alkyl carbamates (subject to hydrolysis) is 1. The van der Waals surface area contributed by atoms with Crippen LogP contribution in [0.5, 0.6) is 0 Å². The molecule has 2 aromatic heterocycles. The Kier molecular flexibility index (Phi) is 11.3. The second-order valence-corrected chi connectivity index (χ2v) is 16.9. The van der Waals surface area contributed by atoms with Crippen LogP contribution in [-0.4, -0.2) is 91.2 Å². The van der Waals surface area contributed by atoms with Gasteiger partial charge in [0.05, 0.1) is 36.1 Å². The number of imidazole rings is 2. The van der Waals surface area contributed by atoms with Crippen LogP contribution in [0.15, 0.2) is 48.8 Å². The minimum Gasteiger partial charge on any atom is -0.453 e. The predicted octanol–water partition coefficient (Wildman–Crippen LogP) is 6.81. The van der Waals surface area contributed by atoms with E-state index in [9.17, 15) is 14.4 Å². The fourth-order valence-corrected chi connectivity index (χ4v) is 9.44. The van der Waals surface area contributed by atoms with Gasteiger partial charge in [0.2, 0.25) is 11.8 Å². The highest BCUT2D eigenvalue weighted by Gasteiger charge is 2.53. The van der Waals surface area contributed by atoms with E-state index in [1.165, 1.54) is 7.11 Å². The number of nitrogens with zero attached hydrogens (tertiary/aromatic N) is 4. The number of aromatic nitrogens is 4. The molecule has 0 aliphatic carbocycles. The Morgan fingerprint density at radius 2 is 1.65 bits per heavy atom. The number of fused-ring (bicyclic) bond motifs is 1. The lowest BCUT2D eigenvalue weighted by atomic mass is 9.96. The molecule has 1 spiro atoms. The van der Waals surface area contributed by atoms with Crippen molar-refractivity contribution in [1.82, 2.24) is 35.1 Å². The van der Waals surface area contributed by atoms with E-state index in [2.05, 4.69) is 71.3 Å². The number of carbonyl (C=O) groups is 3. The van der Waals surface area contributed by atoms with Gasteiger partial charge < -0.3 is 34.6 Å². The van der Waals surface area contributed by atoms with Gasteiger partial charge in [-0.05, 0) is 59.6 Å². The van der Waals surface area contributed by atoms with Gasteiger partial charge in [-0.2, -0.15) is 0 Å². The maximum absolute atomic E-state index is 14.3. The molecule has 55 heavy (non-hydrogen) atoms. The lowest BCUT2D eigenvalue weighted by molar-refractivity contribution is -0.142. The monoisotopic (exact) mass is 765 g/mol. The van der Waals surface area contributed by atoms with E-state index in [-0.39, 0.29) is 35.7 Å². The van der Waals surface area contributed by atoms with E-state index >= 15 is 0 Å². The second kappa shape index (κ2) is 16.1. The number of likely N-dealkylation sites (tertiary alicyclic amines) is 1. The summed E-state index contributed by atoms with van der Waals surface area (Å²) < 4.78 is 10.5. The minimum atomic E-state index is -0.748. The number of hydrogen-bond acceptors (Lipinski definition) is 8. The summed E-state index contributed by atoms with van der Waals surface area (Å²) in [5, 5.41) is 4.91. The zero-order valence-corrected chi connectivity index (χ0v) is 33.3. The first-order valence-corrected chi connectivity index (χ1v) is 20.3. The SMILES string of the molecule is COC(=O)N[C@H](C(=O)N1[C@H](c2ncc(C#Cc3ccc4cc(-c5cnc([C@@H]6CCCN6C(=O)[C@@H](C)C(C)C)[nH]5)ccc4c3)[nH]2)CSC12CCOCC2)C(C)C. The smallest absolute Gasteiger partial charge is 0.407 e. The van der Waals surface area contributed by atoms with Crippen molar-refractivity contribution < 1.29 is 23.9 Å². The first-order chi connectivity index (χ1) is 26.5. The highest BCUT2D eigenvalue weighted by atomic mass is 32.2. The fourth-order valence-electron chi connectivity index (χ4n) is 7.86. The summed E-state index contributed by atoms with van der Waals surface area (Å²) in [6, 6.07) is 11.4. The van der Waals surface area contributed by atoms with E-state index in [1.807, 2.05) is 42.8 Å². The van der Waals surface area contributed by atoms with E-state index in [0.717, 1.165) is 52.8 Å². The van der Waals surface area contributed by atoms with Gasteiger partial charge >= 0.3 is 6.09 Å². The Bertz CT molecular complexity index is 2110. The van der Waals surface area contributed by atoms with Crippen molar-refractivity contribution in [2.24, 2.45) is 17.8 Å². The number of carbonyl (C=O) groups excluding carboxylic acids is 3. The minimum absolute atomic E-state index is 0.0200. The Morgan fingerprint density at radius 1 is 0.927 bits per heavy atom. The molecule has 4 atom stereocenters. The van der Waals surface area contributed by atoms with Gasteiger partial charge in [0, 0.05) is 55.4 Å². The van der Waals surface area contributed by atoms with Crippen LogP contribution < -0.4 is 5.32 Å². The number of aromatic amines is 2. The topological polar surface area (TPSA) is 146 Å². The zero-order valence-electron chi connectivity index (χ0n) is 32.5. The number of H-pyrrole nitrogens is 2. The van der Waals surface area contributed by atoms with Crippen molar-refractivity contribution in [1.29, 1.82) is 0 Å². The van der Waals surface area contributed by atoms with E-state index in [0.29, 0.717) is 49.2 Å². The van der Waals surface area contributed by atoms with Gasteiger partial charge in [-0.3, -0.25) is 9.59 Å². The molecule has 13 heteroatoms. The third-order valence-corrected chi connectivity index (χ3v) is 13.0. The molecule has 3 amide bonds. The first kappa shape index (κ1) is 38.5. The molecule has 0 saturated carbocycles. The number of rotatable bonds is 8. The van der Waals surface area contributed by atoms with Crippen LogP contribution in [0.3, 0.4) is 0 Å². The molecule has 12 nitrogen and oxygen atoms in total. The quantitative estimate of drug-likeness (QED) is 0.166. The maximum Gasteiger partial charge on any atom is 0.407 e. The summed E-state index contributed by atoms with van der Waals surface area (Å²) in [6.45, 7) is 11.9. The number of thioether (sulfide) groups is 1. The molecule has 4 aromatic rings. The van der Waals surface area contributed by atoms with Crippen LogP contribution in [0.25, 0.3) is 22.0 Å². The molecule has 290 valence electrons. The molecule has 2 aromatic carbocycles. The van der Waals surface area contributed by atoms with Gasteiger partial charge in [0.15, 0.2) is 0 Å². The van der Waals surface area contributed by atoms with Crippen molar-refractivity contribution >= 4 is 40.4 Å². The molecule has 0 unspecified atom stereocenters. The van der Waals surface area contributed by atoms with Gasteiger partial charge in [-0.1, -0.05) is 58.7 Å². The summed E-state index contributed by atoms with van der Waals surface area (Å²) in [6.07, 6.45) is 6.23. The van der Waals surface area contributed by atoms with Crippen LogP contribution in [0.1, 0.15) is 95.3 Å². The molecule has 3 saturated heterocycles. The standard InChI is InChI=1S/C42H51N7O5S/c1-25(2)27(5)39(50)48-17-7-8-34(48)37-44-23-33(46-37)31-13-12-29-20-28(9-11-30(29)21-31)10-14-32-22-43-38(45-32)35-24-55-42(15-18-54-19-16-42)49(35)40(51)36(26(3)4)47-41(52)53-6/h9,11-13,20-23,25-27,34-36H,7-8,15-19,24H2,1-6H3,(H,43,45)(H,44,46)(H,47,52)/t27-,34-,35-,36-/m0/s1. The number of ether oxygens (including phenoxy) is 2. The summed E-state index contributed by atoms with van der Waals surface area (Å²) in [4.78, 5) is 59.5. The van der Waals surface area contributed by atoms with E-state index < -0.39 is 17.0 Å². The Morgan fingerprint density at radius 3 is 2.40 bits per heavy atom. The number of hydrogen-bond donors (Lipinski definition) is 3. The van der Waals surface area contributed by atoms with Crippen molar-refractivity contribution in [3.05, 3.63) is 71.7 Å². The third kappa shape index (κ3) is 7.85. The average Bonchev–Trinajstić information content (AvgIpc) is 4.02. The molecular weight excluding hydrogens is 715 g/mol. The van der Waals surface area contributed by atoms with Crippen molar-refractivity contribution in [2.75, 3.05) is 32.6 Å². The number of benzene rings is 2. The Balaban J connectivity index is 1.07. The third-order valence-electron chi connectivity index (χ3n) is 11.4. The van der Waals surface area contributed by atoms with E-state index in [4.69, 9.17) is 19.4 Å². The van der Waals surface area contributed by atoms with Gasteiger partial charge in [0.1, 0.15) is 29.4 Å². The van der Waals surface area contributed by atoms with E-state index in [1.54, 1.807) is 18.0 Å². The molecule has 3 N–H and O–H groups in total. The molecule has 3 aliphatic heterocycles. The van der Waals surface area contributed by atoms with Crippen LogP contribution in [-0.2, 0) is 19.1 Å². The molecule has 0 radical (unpaired) electrons. The summed E-state index contributed by atoms with van der Waals surface area (Å²) >= 11 is 1.75. The van der Waals surface area contributed by atoms with Gasteiger partial charge in [-0.15, -0.1) is 11.8 Å². The summed E-state index contributed by atoms with van der Waals surface area (Å²) in [5.74, 6) is 8.87. The van der Waals surface area contributed by atoms with Crippen molar-refractivity contribution in [3.8, 4) is 23.1 Å². The molecule has 3 fully saturated rings. The highest BCUT2D eigenvalue weighted by Crippen LogP contribution is 2.51. The number of nitrogens with one attached hydrogen (secondary N) is 3. The van der Waals surface area contributed by atoms with Crippen LogP contribution in [0, 0.1) is 29.6 Å². The first-order valence-electron chi connectivity index (χ1n) is 19.3. The molecule has 5 heterocycles. The predicted molar refractivity (Wildman–Crippen MR) is 213 cm³/mol. The molecule has 0 bridgehead atoms. The van der Waals surface area contributed by atoms with Crippen molar-refractivity contribution in [3.63, 3.8) is 0 Å². The summed E-state index contributed by atoms with van der Waals surface area (Å²) in [5.41, 5.74) is 3.47. The number of amides is 3. The lowest BCUT2D eigenvalue weighted by Gasteiger charge is -2.44. The van der Waals surface area contributed by atoms with Gasteiger partial charge in [-0.25, -0.2) is 14.8 Å². The highest BCUT2D eigenvalue weighted by molar-refractivity contribution is 8.00. The van der Waals surface area contributed by atoms with Crippen LogP contribution in [0.4, 0.5) is 4.79 Å². The fraction of sp³-hybridized carbons (Fsp3) is 0.500. The molecular formula is C42H51N7O5S.